The zero-order valence-electron chi connectivity index (χ0n) is 11.5. The number of nitrogens with one attached hydrogen (secondary N) is 1. The van der Waals surface area contributed by atoms with E-state index in [9.17, 15) is 9.59 Å². The van der Waals surface area contributed by atoms with Crippen LogP contribution in [-0.2, 0) is 19.0 Å². The molecule has 1 rings (SSSR count). The van der Waals surface area contributed by atoms with Crippen LogP contribution in [0.3, 0.4) is 0 Å². The quantitative estimate of drug-likeness (QED) is 0.661. The number of amides is 2. The number of hydrogen-bond donors (Lipinski definition) is 1. The SMILES string of the molecule is CCOC(=O)CN(CCOC)C(=O)NC1CCOC1. The van der Waals surface area contributed by atoms with Gasteiger partial charge in [0.25, 0.3) is 0 Å². The highest BCUT2D eigenvalue weighted by Crippen LogP contribution is 2.04. The summed E-state index contributed by atoms with van der Waals surface area (Å²) in [5, 5.41) is 2.83. The van der Waals surface area contributed by atoms with Crippen LogP contribution in [0.25, 0.3) is 0 Å². The smallest absolute Gasteiger partial charge is 0.325 e. The fourth-order valence-electron chi connectivity index (χ4n) is 1.73. The molecule has 19 heavy (non-hydrogen) atoms. The number of rotatable bonds is 7. The van der Waals surface area contributed by atoms with E-state index in [4.69, 9.17) is 14.2 Å². The Labute approximate surface area is 113 Å². The van der Waals surface area contributed by atoms with Crippen LogP contribution in [0, 0.1) is 0 Å². The average Bonchev–Trinajstić information content (AvgIpc) is 2.87. The first kappa shape index (κ1) is 15.7. The minimum atomic E-state index is -0.420. The van der Waals surface area contributed by atoms with Crippen molar-refractivity contribution >= 4 is 12.0 Å². The Morgan fingerprint density at radius 3 is 2.84 bits per heavy atom. The second-order valence-corrected chi connectivity index (χ2v) is 4.23. The van der Waals surface area contributed by atoms with E-state index >= 15 is 0 Å². The van der Waals surface area contributed by atoms with Crippen LogP contribution in [0.4, 0.5) is 4.79 Å². The first-order chi connectivity index (χ1) is 9.17. The molecule has 1 heterocycles. The van der Waals surface area contributed by atoms with Gasteiger partial charge in [0, 0.05) is 20.3 Å². The average molecular weight is 274 g/mol. The van der Waals surface area contributed by atoms with Crippen LogP contribution in [0.5, 0.6) is 0 Å². The summed E-state index contributed by atoms with van der Waals surface area (Å²) < 4.78 is 15.0. The van der Waals surface area contributed by atoms with E-state index in [1.54, 1.807) is 14.0 Å². The lowest BCUT2D eigenvalue weighted by Gasteiger charge is -2.23. The first-order valence-corrected chi connectivity index (χ1v) is 6.45. The van der Waals surface area contributed by atoms with Gasteiger partial charge < -0.3 is 24.4 Å². The minimum absolute atomic E-state index is 0.0136. The van der Waals surface area contributed by atoms with Crippen LogP contribution in [0.1, 0.15) is 13.3 Å². The molecule has 0 aromatic heterocycles. The Balaban J connectivity index is 2.45. The molecule has 1 fully saturated rings. The zero-order valence-corrected chi connectivity index (χ0v) is 11.5. The molecular formula is C12H22N2O5. The van der Waals surface area contributed by atoms with Gasteiger partial charge in [-0.1, -0.05) is 0 Å². The van der Waals surface area contributed by atoms with Crippen molar-refractivity contribution in [2.75, 3.05) is 46.6 Å². The number of hydrogen-bond acceptors (Lipinski definition) is 5. The normalized spacial score (nSPS) is 18.1. The van der Waals surface area contributed by atoms with E-state index in [0.29, 0.717) is 33.0 Å². The highest BCUT2D eigenvalue weighted by Gasteiger charge is 2.23. The number of methoxy groups -OCH3 is 1. The van der Waals surface area contributed by atoms with Gasteiger partial charge in [0.1, 0.15) is 6.54 Å². The number of esters is 1. The Bertz CT molecular complexity index is 292. The predicted molar refractivity (Wildman–Crippen MR) is 67.8 cm³/mol. The Morgan fingerprint density at radius 1 is 1.47 bits per heavy atom. The molecule has 0 radical (unpaired) electrons. The van der Waals surface area contributed by atoms with Gasteiger partial charge in [0.15, 0.2) is 0 Å². The van der Waals surface area contributed by atoms with Gasteiger partial charge in [0.2, 0.25) is 0 Å². The molecule has 0 spiro atoms. The van der Waals surface area contributed by atoms with Crippen molar-refractivity contribution in [3.05, 3.63) is 0 Å². The van der Waals surface area contributed by atoms with Crippen molar-refractivity contribution in [3.8, 4) is 0 Å². The summed E-state index contributed by atoms with van der Waals surface area (Å²) in [6.07, 6.45) is 0.795. The number of nitrogens with zero attached hydrogens (tertiary/aromatic N) is 1. The maximum Gasteiger partial charge on any atom is 0.325 e. The Hall–Kier alpha value is -1.34. The second kappa shape index (κ2) is 8.71. The summed E-state index contributed by atoms with van der Waals surface area (Å²) in [6.45, 7) is 3.84. The lowest BCUT2D eigenvalue weighted by Crippen LogP contribution is -2.48. The number of ether oxygens (including phenoxy) is 3. The van der Waals surface area contributed by atoms with Crippen molar-refractivity contribution in [1.82, 2.24) is 10.2 Å². The largest absolute Gasteiger partial charge is 0.465 e. The molecular weight excluding hydrogens is 252 g/mol. The van der Waals surface area contributed by atoms with E-state index in [1.165, 1.54) is 4.90 Å². The van der Waals surface area contributed by atoms with Gasteiger partial charge in [-0.15, -0.1) is 0 Å². The van der Waals surface area contributed by atoms with Crippen molar-refractivity contribution in [3.63, 3.8) is 0 Å². The molecule has 1 unspecified atom stereocenters. The van der Waals surface area contributed by atoms with E-state index < -0.39 is 5.97 Å². The number of carbonyl (C=O) groups excluding carboxylic acids is 2. The summed E-state index contributed by atoms with van der Waals surface area (Å²) in [7, 11) is 1.55. The molecule has 7 nitrogen and oxygen atoms in total. The molecule has 1 aliphatic heterocycles. The topological polar surface area (TPSA) is 77.1 Å². The van der Waals surface area contributed by atoms with Crippen LogP contribution in [-0.4, -0.2) is 69.6 Å². The fourth-order valence-corrected chi connectivity index (χ4v) is 1.73. The van der Waals surface area contributed by atoms with Gasteiger partial charge >= 0.3 is 12.0 Å². The van der Waals surface area contributed by atoms with Crippen molar-refractivity contribution in [2.24, 2.45) is 0 Å². The molecule has 1 atom stereocenters. The summed E-state index contributed by atoms with van der Waals surface area (Å²) in [5.74, 6) is -0.420. The standard InChI is InChI=1S/C12H22N2O5/c1-3-19-11(15)8-14(5-7-17-2)12(16)13-10-4-6-18-9-10/h10H,3-9H2,1-2H3,(H,13,16). The molecule has 0 aromatic carbocycles. The minimum Gasteiger partial charge on any atom is -0.465 e. The monoisotopic (exact) mass is 274 g/mol. The maximum atomic E-state index is 12.0. The third kappa shape index (κ3) is 5.89. The van der Waals surface area contributed by atoms with Crippen LogP contribution in [0.15, 0.2) is 0 Å². The summed E-state index contributed by atoms with van der Waals surface area (Å²) >= 11 is 0. The van der Waals surface area contributed by atoms with E-state index in [2.05, 4.69) is 5.32 Å². The number of urea groups is 1. The predicted octanol–water partition coefficient (Wildman–Crippen LogP) is -0.00360. The molecule has 1 N–H and O–H groups in total. The van der Waals surface area contributed by atoms with E-state index in [-0.39, 0.29) is 18.6 Å². The third-order valence-electron chi connectivity index (χ3n) is 2.74. The molecule has 0 bridgehead atoms. The second-order valence-electron chi connectivity index (χ2n) is 4.23. The molecule has 1 aliphatic rings. The van der Waals surface area contributed by atoms with E-state index in [0.717, 1.165) is 6.42 Å². The zero-order chi connectivity index (χ0) is 14.1. The van der Waals surface area contributed by atoms with Crippen LogP contribution >= 0.6 is 0 Å². The Kier molecular flexibility index (Phi) is 7.20. The number of carbonyl (C=O) groups is 2. The molecule has 0 saturated carbocycles. The highest BCUT2D eigenvalue weighted by atomic mass is 16.5. The lowest BCUT2D eigenvalue weighted by molar-refractivity contribution is -0.143. The van der Waals surface area contributed by atoms with Gasteiger partial charge in [-0.2, -0.15) is 0 Å². The van der Waals surface area contributed by atoms with Crippen molar-refractivity contribution in [2.45, 2.75) is 19.4 Å². The Morgan fingerprint density at radius 2 is 2.26 bits per heavy atom. The van der Waals surface area contributed by atoms with Crippen LogP contribution < -0.4 is 5.32 Å². The van der Waals surface area contributed by atoms with Gasteiger partial charge in [0.05, 0.1) is 25.9 Å². The van der Waals surface area contributed by atoms with Gasteiger partial charge in [-0.25, -0.2) is 4.79 Å². The van der Waals surface area contributed by atoms with Gasteiger partial charge in [-0.05, 0) is 13.3 Å². The summed E-state index contributed by atoms with van der Waals surface area (Å²) in [6, 6.07) is -0.277. The van der Waals surface area contributed by atoms with Gasteiger partial charge in [-0.3, -0.25) is 4.79 Å². The molecule has 7 heteroatoms. The molecule has 1 saturated heterocycles. The fraction of sp³-hybridized carbons (Fsp3) is 0.833. The summed E-state index contributed by atoms with van der Waals surface area (Å²) in [5.41, 5.74) is 0. The maximum absolute atomic E-state index is 12.0. The van der Waals surface area contributed by atoms with E-state index in [1.807, 2.05) is 0 Å². The molecule has 2 amide bonds. The van der Waals surface area contributed by atoms with Crippen molar-refractivity contribution < 1.29 is 23.8 Å². The summed E-state index contributed by atoms with van der Waals surface area (Å²) in [4.78, 5) is 24.9. The first-order valence-electron chi connectivity index (χ1n) is 6.45. The lowest BCUT2D eigenvalue weighted by atomic mass is 10.3. The highest BCUT2D eigenvalue weighted by molar-refractivity contribution is 5.81. The van der Waals surface area contributed by atoms with Crippen molar-refractivity contribution in [1.29, 1.82) is 0 Å². The molecule has 0 aliphatic carbocycles. The van der Waals surface area contributed by atoms with Crippen LogP contribution in [0.2, 0.25) is 0 Å². The molecule has 110 valence electrons. The third-order valence-corrected chi connectivity index (χ3v) is 2.74. The molecule has 0 aromatic rings.